The van der Waals surface area contributed by atoms with Crippen LogP contribution in [0.3, 0.4) is 0 Å². The maximum atomic E-state index is 7.75. The molecule has 4 saturated carbocycles. The number of rotatable bonds is 8. The van der Waals surface area contributed by atoms with Gasteiger partial charge in [-0.25, -0.2) is 0 Å². The molecule has 4 aliphatic rings. The van der Waals surface area contributed by atoms with Crippen molar-refractivity contribution in [2.75, 3.05) is 13.1 Å². The molecule has 3 N–H and O–H groups in total. The molecule has 0 aliphatic heterocycles. The summed E-state index contributed by atoms with van der Waals surface area (Å²) in [6.45, 7) is 20.8. The third kappa shape index (κ3) is 22.6. The molecule has 4 fully saturated rings. The van der Waals surface area contributed by atoms with Gasteiger partial charge in [-0.05, 0) is 155 Å². The molecule has 0 atom stereocenters. The van der Waals surface area contributed by atoms with E-state index in [0.717, 1.165) is 28.3 Å². The van der Waals surface area contributed by atoms with Crippen LogP contribution >= 0.6 is 35.2 Å². The predicted molar refractivity (Wildman–Crippen MR) is 271 cm³/mol. The fraction of sp³-hybridized carbons (Fsp3) is 0.580. The molecule has 4 aliphatic carbocycles. The number of nitrogens with zero attached hydrogens (tertiary/aromatic N) is 1. The largest absolute Gasteiger partial charge is 0.679 e. The number of halogens is 2. The van der Waals surface area contributed by atoms with Crippen molar-refractivity contribution in [1.82, 2.24) is 4.98 Å². The van der Waals surface area contributed by atoms with Crippen molar-refractivity contribution in [3.8, 4) is 0 Å². The molecule has 0 unspecified atom stereocenters. The molecule has 0 bridgehead atoms. The van der Waals surface area contributed by atoms with Gasteiger partial charge in [-0.3, -0.25) is 18.6 Å². The van der Waals surface area contributed by atoms with Gasteiger partial charge in [0.05, 0.1) is 22.6 Å². The fourth-order valence-electron chi connectivity index (χ4n) is 9.92. The summed E-state index contributed by atoms with van der Waals surface area (Å²) < 4.78 is 0. The minimum absolute atomic E-state index is 0.236. The number of aryl methyl sites for hydroxylation is 2. The van der Waals surface area contributed by atoms with Crippen LogP contribution in [0, 0.1) is 27.7 Å². The monoisotopic (exact) mass is 1100 g/mol. The van der Waals surface area contributed by atoms with E-state index in [4.69, 9.17) is 26.8 Å². The Balaban J connectivity index is 0.000000847. The van der Waals surface area contributed by atoms with E-state index in [1.807, 2.05) is 52.8 Å². The molecule has 1 aromatic heterocycles. The summed E-state index contributed by atoms with van der Waals surface area (Å²) in [5.41, 5.74) is 30.1. The fourth-order valence-corrected chi connectivity index (χ4v) is 19.0. The van der Waals surface area contributed by atoms with Crippen molar-refractivity contribution in [3.05, 3.63) is 120 Å². The van der Waals surface area contributed by atoms with E-state index in [1.165, 1.54) is 151 Å². The third-order valence-electron chi connectivity index (χ3n) is 12.5. The molecule has 62 heavy (non-hydrogen) atoms. The number of carbonyl (C=O) groups excluding carboxylic acids is 2. The van der Waals surface area contributed by atoms with Crippen molar-refractivity contribution in [2.24, 2.45) is 0 Å². The molecule has 12 heteroatoms. The Hall–Kier alpha value is -0.763. The summed E-state index contributed by atoms with van der Waals surface area (Å²) in [7, 11) is 8.25. The first kappa shape index (κ1) is 61.2. The first-order chi connectivity index (χ1) is 30.4. The number of benzene rings is 2. The second kappa shape index (κ2) is 40.5. The van der Waals surface area contributed by atoms with E-state index in [0.29, 0.717) is 0 Å². The molecular formula is C50H77Cl2N4O2P2Ru2-2. The Bertz CT molecular complexity index is 1330. The average molecular weight is 1100 g/mol. The van der Waals surface area contributed by atoms with Gasteiger partial charge in [0.15, 0.2) is 0 Å². The summed E-state index contributed by atoms with van der Waals surface area (Å²) in [6, 6.07) is 19.2. The van der Waals surface area contributed by atoms with E-state index in [9.17, 15) is 0 Å². The molecule has 1 heterocycles. The Morgan fingerprint density at radius 1 is 0.565 bits per heavy atom. The quantitative estimate of drug-likeness (QED) is 0.0967. The van der Waals surface area contributed by atoms with Crippen LogP contribution in [0.25, 0.3) is 17.2 Å². The van der Waals surface area contributed by atoms with Crippen LogP contribution in [-0.4, -0.2) is 54.3 Å². The Morgan fingerprint density at radius 2 is 0.871 bits per heavy atom. The molecule has 0 radical (unpaired) electrons. The standard InChI is InChI=1S/2C20H30P.C6H7N2.C2H6N2.2CHO.2ClH.2Ru/c2*1-16-10-9-11-17(2)20(16)21(18-12-5-3-6-13-18)19-14-7-4-8-15-19;7-5-6-3-1-2-4-8-6;3-1-2-4;2*1-2;;;;/h2*9-11,18-19H,1,3-8,12-15H2,2H3;1-4,7H,5H2;3-4H,1-2H2;2*1H;2*1H;;/q3*-1;-2;2*-1;;;+1;+4. The number of hydrogen-bond donors (Lipinski definition) is 0. The first-order valence-corrected chi connectivity index (χ1v) is 30.3. The zero-order chi connectivity index (χ0) is 46.5. The van der Waals surface area contributed by atoms with E-state index in [-0.39, 0.29) is 19.6 Å². The predicted octanol–water partition coefficient (Wildman–Crippen LogP) is 14.9. The van der Waals surface area contributed by atoms with Gasteiger partial charge in [-0.2, -0.15) is 50.2 Å². The molecular weight excluding hydrogens is 1020 g/mol. The Morgan fingerprint density at radius 3 is 1.08 bits per heavy atom. The maximum absolute atomic E-state index is 7.75. The van der Waals surface area contributed by atoms with Gasteiger partial charge in [0.2, 0.25) is 0 Å². The minimum Gasteiger partial charge on any atom is -0.679 e. The van der Waals surface area contributed by atoms with Crippen LogP contribution in [-0.2, 0) is 50.8 Å². The normalized spacial score (nSPS) is 16.7. The van der Waals surface area contributed by atoms with Gasteiger partial charge < -0.3 is 26.8 Å². The molecule has 0 amide bonds. The molecule has 3 aromatic rings. The summed E-state index contributed by atoms with van der Waals surface area (Å²) in [5.74, 6) is 0. The van der Waals surface area contributed by atoms with E-state index in [1.54, 1.807) is 16.8 Å². The van der Waals surface area contributed by atoms with Gasteiger partial charge in [-0.15, -0.1) is 18.7 Å². The van der Waals surface area contributed by atoms with Crippen LogP contribution in [0.4, 0.5) is 0 Å². The number of pyridine rings is 1. The van der Waals surface area contributed by atoms with Crippen LogP contribution in [0.2, 0.25) is 0 Å². The molecule has 6 nitrogen and oxygen atoms in total. The van der Waals surface area contributed by atoms with Crippen molar-refractivity contribution in [2.45, 2.75) is 171 Å². The number of nitrogens with one attached hydrogen (secondary N) is 3. The Kier molecular flexibility index (Phi) is 40.0. The van der Waals surface area contributed by atoms with Gasteiger partial charge in [0.1, 0.15) is 0 Å². The smallest absolute Gasteiger partial charge is 0.0270 e. The van der Waals surface area contributed by atoms with Gasteiger partial charge in [0, 0.05) is 11.9 Å². The molecule has 0 saturated heterocycles. The van der Waals surface area contributed by atoms with Crippen molar-refractivity contribution in [1.29, 1.82) is 0 Å². The topological polar surface area (TPSA) is 118 Å². The summed E-state index contributed by atoms with van der Waals surface area (Å²) in [5, 5.41) is 3.45. The summed E-state index contributed by atoms with van der Waals surface area (Å²) in [4.78, 5) is 19.4. The molecule has 2 aromatic carbocycles. The summed E-state index contributed by atoms with van der Waals surface area (Å²) in [6.07, 6.45) is 31.4. The second-order valence-corrected chi connectivity index (χ2v) is 22.6. The Labute approximate surface area is 409 Å². The first-order valence-electron chi connectivity index (χ1n) is 22.5. The van der Waals surface area contributed by atoms with Crippen molar-refractivity contribution in [3.63, 3.8) is 0 Å². The maximum Gasteiger partial charge on any atom is 0.0270 e. The number of hydrogen-bond acceptors (Lipinski definition) is 3. The van der Waals surface area contributed by atoms with Gasteiger partial charge in [0.25, 0.3) is 0 Å². The third-order valence-corrected chi connectivity index (χ3v) is 20.9. The van der Waals surface area contributed by atoms with Crippen molar-refractivity contribution >= 4 is 59.4 Å². The average Bonchev–Trinajstić information content (AvgIpc) is 3.36. The molecule has 0 spiro atoms. The van der Waals surface area contributed by atoms with E-state index in [2.05, 4.69) is 102 Å². The second-order valence-electron chi connectivity index (χ2n) is 16.5. The van der Waals surface area contributed by atoms with Crippen molar-refractivity contribution < 1.29 is 44.2 Å². The molecule has 351 valence electrons. The van der Waals surface area contributed by atoms with E-state index < -0.39 is 15.8 Å². The van der Waals surface area contributed by atoms with Crippen LogP contribution < -0.4 is 10.6 Å². The van der Waals surface area contributed by atoms with E-state index >= 15 is 0 Å². The minimum atomic E-state index is -0.446. The summed E-state index contributed by atoms with van der Waals surface area (Å²) >= 11 is 3.64. The zero-order valence-electron chi connectivity index (χ0n) is 37.6. The van der Waals surface area contributed by atoms with Gasteiger partial charge >= 0.3 is 54.0 Å². The molecule has 7 rings (SSSR count). The van der Waals surface area contributed by atoms with Crippen LogP contribution in [0.5, 0.6) is 0 Å². The van der Waals surface area contributed by atoms with Crippen LogP contribution in [0.1, 0.15) is 156 Å². The van der Waals surface area contributed by atoms with Crippen LogP contribution in [0.15, 0.2) is 60.8 Å². The van der Waals surface area contributed by atoms with Gasteiger partial charge in [-0.1, -0.05) is 55.0 Å². The zero-order valence-corrected chi connectivity index (χ0v) is 44.6. The number of aromatic nitrogens is 1. The SMILES string of the molecule is [CH-]=O.[CH-]=O.[CH2-]c1cccc(C)c1[PH+](C1CCCCC1)C1CCCCC1.[CH2-]c1cccc(C)c1[PH+](C1CCCCC1)C1CCCCC1.[Cl][Ru+3].[Cl][Ru].[NH-]CC[NH-].[NH-]Cc1ccccn1.